The summed E-state index contributed by atoms with van der Waals surface area (Å²) in [5.74, 6) is 1.21. The highest BCUT2D eigenvalue weighted by molar-refractivity contribution is 7.10. The van der Waals surface area contributed by atoms with E-state index in [1.807, 2.05) is 11.0 Å². The summed E-state index contributed by atoms with van der Waals surface area (Å²) in [5.41, 5.74) is 2.76. The Morgan fingerprint density at radius 3 is 2.90 bits per heavy atom. The Balaban J connectivity index is 1.31. The molecule has 0 saturated carbocycles. The second-order valence-electron chi connectivity index (χ2n) is 7.99. The van der Waals surface area contributed by atoms with Crippen molar-refractivity contribution in [2.75, 3.05) is 19.6 Å². The highest BCUT2D eigenvalue weighted by Crippen LogP contribution is 2.33. The lowest BCUT2D eigenvalue weighted by Crippen LogP contribution is -2.44. The van der Waals surface area contributed by atoms with Crippen molar-refractivity contribution >= 4 is 22.9 Å². The van der Waals surface area contributed by atoms with Gasteiger partial charge in [-0.3, -0.25) is 0 Å². The second kappa shape index (κ2) is 10.1. The first-order valence-electron chi connectivity index (χ1n) is 11.1. The van der Waals surface area contributed by atoms with Crippen molar-refractivity contribution in [1.82, 2.24) is 20.4 Å². The first kappa shape index (κ1) is 20.8. The van der Waals surface area contributed by atoms with Crippen LogP contribution in [0.4, 0.5) is 4.79 Å². The molecule has 1 saturated heterocycles. The fourth-order valence-electron chi connectivity index (χ4n) is 3.93. The lowest BCUT2D eigenvalue weighted by molar-refractivity contribution is 0.181. The number of aromatic nitrogens is 2. The Hall–Kier alpha value is -2.41. The number of likely N-dealkylation sites (tertiary alicyclic amines) is 1. The smallest absolute Gasteiger partial charge is 0.317 e. The number of carbonyl (C=O) groups is 1. The summed E-state index contributed by atoms with van der Waals surface area (Å²) in [7, 11) is 0. The van der Waals surface area contributed by atoms with Crippen molar-refractivity contribution in [2.45, 2.75) is 57.8 Å². The molecule has 160 valence electrons. The molecule has 4 rings (SSSR count). The molecule has 2 aromatic heterocycles. The first-order valence-corrected chi connectivity index (χ1v) is 11.9. The minimum atomic E-state index is 0.0746. The summed E-state index contributed by atoms with van der Waals surface area (Å²) in [5, 5.41) is 10.5. The van der Waals surface area contributed by atoms with E-state index in [4.69, 9.17) is 9.51 Å². The van der Waals surface area contributed by atoms with Crippen LogP contribution in [0.1, 0.15) is 68.6 Å². The van der Waals surface area contributed by atoms with Gasteiger partial charge in [0.05, 0.1) is 5.01 Å². The summed E-state index contributed by atoms with van der Waals surface area (Å²) in [6.07, 6.45) is 13.9. The van der Waals surface area contributed by atoms with E-state index in [9.17, 15) is 4.79 Å². The third-order valence-electron chi connectivity index (χ3n) is 5.76. The quantitative estimate of drug-likeness (QED) is 0.584. The van der Waals surface area contributed by atoms with Crippen LogP contribution in [0.5, 0.6) is 0 Å². The van der Waals surface area contributed by atoms with Gasteiger partial charge in [-0.25, -0.2) is 9.78 Å². The van der Waals surface area contributed by atoms with Crippen LogP contribution in [0.2, 0.25) is 0 Å². The van der Waals surface area contributed by atoms with Gasteiger partial charge in [-0.1, -0.05) is 43.2 Å². The lowest BCUT2D eigenvalue weighted by Gasteiger charge is -2.31. The molecule has 2 aromatic rings. The SMILES string of the molecule is CCCCCNC(=O)N1CCC(c2nc(-c3cc(C4=CCCC=C4)on3)cs2)CC1. The number of carbonyl (C=O) groups excluding carboxylic acids is 1. The normalized spacial score (nSPS) is 17.2. The number of nitrogens with zero attached hydrogens (tertiary/aromatic N) is 3. The zero-order valence-electron chi connectivity index (χ0n) is 17.6. The zero-order valence-corrected chi connectivity index (χ0v) is 18.4. The van der Waals surface area contributed by atoms with Gasteiger partial charge in [-0.15, -0.1) is 11.3 Å². The predicted molar refractivity (Wildman–Crippen MR) is 120 cm³/mol. The standard InChI is InChI=1S/C23H30N4O2S/c1-2-3-7-12-24-23(28)27-13-10-18(11-14-27)22-25-20(16-30-22)19-15-21(29-26-19)17-8-5-4-6-9-17/h5,8-9,15-16,18H,2-4,6-7,10-14H2,1H3,(H,24,28). The van der Waals surface area contributed by atoms with Crippen molar-refractivity contribution in [3.63, 3.8) is 0 Å². The molecule has 0 aromatic carbocycles. The van der Waals surface area contributed by atoms with Gasteiger partial charge in [0.1, 0.15) is 11.4 Å². The molecule has 0 atom stereocenters. The van der Waals surface area contributed by atoms with Gasteiger partial charge in [-0.05, 0) is 32.1 Å². The van der Waals surface area contributed by atoms with Crippen LogP contribution in [0.25, 0.3) is 17.0 Å². The van der Waals surface area contributed by atoms with Gasteiger partial charge in [0, 0.05) is 42.6 Å². The van der Waals surface area contributed by atoms with E-state index in [0.29, 0.717) is 5.92 Å². The van der Waals surface area contributed by atoms with Gasteiger partial charge in [0.25, 0.3) is 0 Å². The largest absolute Gasteiger partial charge is 0.356 e. The number of nitrogens with one attached hydrogen (secondary N) is 1. The lowest BCUT2D eigenvalue weighted by atomic mass is 9.98. The molecule has 6 nitrogen and oxygen atoms in total. The highest BCUT2D eigenvalue weighted by Gasteiger charge is 2.26. The topological polar surface area (TPSA) is 71.3 Å². The summed E-state index contributed by atoms with van der Waals surface area (Å²) in [6.45, 7) is 4.51. The van der Waals surface area contributed by atoms with Gasteiger partial charge in [0.15, 0.2) is 5.76 Å². The van der Waals surface area contributed by atoms with E-state index in [1.54, 1.807) is 11.3 Å². The fourth-order valence-corrected chi connectivity index (χ4v) is 4.92. The number of hydrogen-bond donors (Lipinski definition) is 1. The van der Waals surface area contributed by atoms with E-state index in [-0.39, 0.29) is 6.03 Å². The maximum atomic E-state index is 12.3. The molecule has 2 aliphatic rings. The van der Waals surface area contributed by atoms with Gasteiger partial charge >= 0.3 is 6.03 Å². The average molecular weight is 427 g/mol. The summed E-state index contributed by atoms with van der Waals surface area (Å²) < 4.78 is 5.55. The van der Waals surface area contributed by atoms with Crippen LogP contribution in [-0.4, -0.2) is 40.7 Å². The van der Waals surface area contributed by atoms with Crippen LogP contribution < -0.4 is 5.32 Å². The minimum absolute atomic E-state index is 0.0746. The number of thiazole rings is 1. The average Bonchev–Trinajstić information content (AvgIpc) is 3.47. The third-order valence-corrected chi connectivity index (χ3v) is 6.77. The summed E-state index contributed by atoms with van der Waals surface area (Å²) in [4.78, 5) is 19.1. The minimum Gasteiger partial charge on any atom is -0.356 e. The molecule has 30 heavy (non-hydrogen) atoms. The number of rotatable bonds is 7. The maximum Gasteiger partial charge on any atom is 0.317 e. The predicted octanol–water partition coefficient (Wildman–Crippen LogP) is 5.61. The van der Waals surface area contributed by atoms with Crippen LogP contribution in [0.3, 0.4) is 0 Å². The van der Waals surface area contributed by atoms with E-state index < -0.39 is 0 Å². The monoisotopic (exact) mass is 426 g/mol. The van der Waals surface area contributed by atoms with E-state index in [1.165, 1.54) is 6.42 Å². The first-order chi connectivity index (χ1) is 14.7. The molecular weight excluding hydrogens is 396 g/mol. The fraction of sp³-hybridized carbons (Fsp3) is 0.522. The van der Waals surface area contributed by atoms with Crippen LogP contribution >= 0.6 is 11.3 Å². The third kappa shape index (κ3) is 5.01. The summed E-state index contributed by atoms with van der Waals surface area (Å²) >= 11 is 1.68. The molecular formula is C23H30N4O2S. The van der Waals surface area contributed by atoms with Crippen molar-refractivity contribution in [3.8, 4) is 11.4 Å². The molecule has 1 aliphatic carbocycles. The number of urea groups is 1. The molecule has 3 heterocycles. The van der Waals surface area contributed by atoms with Gasteiger partial charge in [-0.2, -0.15) is 0 Å². The highest BCUT2D eigenvalue weighted by atomic mass is 32.1. The molecule has 2 amide bonds. The Morgan fingerprint density at radius 1 is 1.27 bits per heavy atom. The molecule has 1 aliphatic heterocycles. The van der Waals surface area contributed by atoms with Crippen LogP contribution in [0.15, 0.2) is 34.2 Å². The number of hydrogen-bond acceptors (Lipinski definition) is 5. The number of amides is 2. The van der Waals surface area contributed by atoms with Crippen molar-refractivity contribution in [3.05, 3.63) is 40.4 Å². The molecule has 1 fully saturated rings. The van der Waals surface area contributed by atoms with E-state index in [2.05, 4.69) is 41.0 Å². The van der Waals surface area contributed by atoms with Crippen molar-refractivity contribution in [2.24, 2.45) is 0 Å². The number of allylic oxidation sites excluding steroid dienone is 4. The molecule has 0 unspecified atom stereocenters. The molecule has 0 radical (unpaired) electrons. The molecule has 0 spiro atoms. The molecule has 7 heteroatoms. The van der Waals surface area contributed by atoms with Crippen LogP contribution in [0, 0.1) is 0 Å². The van der Waals surface area contributed by atoms with Crippen molar-refractivity contribution in [1.29, 1.82) is 0 Å². The second-order valence-corrected chi connectivity index (χ2v) is 8.88. The van der Waals surface area contributed by atoms with Crippen LogP contribution in [-0.2, 0) is 0 Å². The Labute approximate surface area is 182 Å². The Kier molecular flexibility index (Phi) is 7.00. The Morgan fingerprint density at radius 2 is 2.13 bits per heavy atom. The molecule has 0 bridgehead atoms. The van der Waals surface area contributed by atoms with E-state index >= 15 is 0 Å². The molecule has 1 N–H and O–H groups in total. The zero-order chi connectivity index (χ0) is 20.8. The van der Waals surface area contributed by atoms with Crippen molar-refractivity contribution < 1.29 is 9.32 Å². The number of piperidine rings is 1. The van der Waals surface area contributed by atoms with Gasteiger partial charge in [0.2, 0.25) is 0 Å². The number of unbranched alkanes of at least 4 members (excludes halogenated alkanes) is 2. The van der Waals surface area contributed by atoms with E-state index in [0.717, 1.165) is 85.9 Å². The van der Waals surface area contributed by atoms with Gasteiger partial charge < -0.3 is 14.7 Å². The maximum absolute atomic E-state index is 12.3. The Bertz CT molecular complexity index is 906. The summed E-state index contributed by atoms with van der Waals surface area (Å²) in [6, 6.07) is 2.05.